The lowest BCUT2D eigenvalue weighted by Crippen LogP contribution is -2.23. The van der Waals surface area contributed by atoms with Crippen molar-refractivity contribution in [3.63, 3.8) is 0 Å². The van der Waals surface area contributed by atoms with Crippen LogP contribution in [0.1, 0.15) is 24.1 Å². The van der Waals surface area contributed by atoms with Crippen molar-refractivity contribution in [2.75, 3.05) is 6.54 Å². The van der Waals surface area contributed by atoms with Gasteiger partial charge in [0.15, 0.2) is 0 Å². The van der Waals surface area contributed by atoms with Gasteiger partial charge in [-0.05, 0) is 35.7 Å². The molecule has 0 aliphatic heterocycles. The summed E-state index contributed by atoms with van der Waals surface area (Å²) in [5.74, 6) is 0. The Labute approximate surface area is 125 Å². The van der Waals surface area contributed by atoms with Crippen molar-refractivity contribution >= 4 is 10.8 Å². The zero-order valence-corrected chi connectivity index (χ0v) is 12.6. The van der Waals surface area contributed by atoms with Crippen LogP contribution in [0.4, 0.5) is 0 Å². The Kier molecular flexibility index (Phi) is 4.02. The monoisotopic (exact) mass is 279 g/mol. The molecule has 3 rings (SSSR count). The van der Waals surface area contributed by atoms with E-state index in [9.17, 15) is 0 Å². The van der Waals surface area contributed by atoms with Crippen molar-refractivity contribution in [3.8, 4) is 0 Å². The van der Waals surface area contributed by atoms with Crippen molar-refractivity contribution in [1.29, 1.82) is 0 Å². The predicted octanol–water partition coefficient (Wildman–Crippen LogP) is 3.70. The fraction of sp³-hybridized carbons (Fsp3) is 0.278. The molecule has 0 fully saturated rings. The maximum Gasteiger partial charge on any atom is 0.0534 e. The van der Waals surface area contributed by atoms with E-state index in [0.717, 1.165) is 13.1 Å². The second-order valence-electron chi connectivity index (χ2n) is 5.52. The highest BCUT2D eigenvalue weighted by Crippen LogP contribution is 2.23. The van der Waals surface area contributed by atoms with Crippen molar-refractivity contribution < 1.29 is 0 Å². The van der Waals surface area contributed by atoms with Gasteiger partial charge in [0, 0.05) is 18.8 Å². The summed E-state index contributed by atoms with van der Waals surface area (Å²) in [6, 6.07) is 15.4. The molecule has 1 heterocycles. The van der Waals surface area contributed by atoms with E-state index in [4.69, 9.17) is 0 Å². The van der Waals surface area contributed by atoms with Gasteiger partial charge in [-0.25, -0.2) is 0 Å². The number of hydrogen-bond donors (Lipinski definition) is 1. The number of rotatable bonds is 5. The fourth-order valence-electron chi connectivity index (χ4n) is 2.72. The van der Waals surface area contributed by atoms with Crippen LogP contribution in [0.15, 0.2) is 54.9 Å². The zero-order chi connectivity index (χ0) is 14.7. The number of hydrogen-bond acceptors (Lipinski definition) is 2. The Morgan fingerprint density at radius 2 is 1.95 bits per heavy atom. The molecule has 108 valence electrons. The minimum absolute atomic E-state index is 0.327. The van der Waals surface area contributed by atoms with E-state index in [1.165, 1.54) is 21.9 Å². The van der Waals surface area contributed by atoms with E-state index >= 15 is 0 Å². The molecule has 1 N–H and O–H groups in total. The molecule has 0 radical (unpaired) electrons. The molecular formula is C18H21N3. The van der Waals surface area contributed by atoms with Crippen LogP contribution in [-0.4, -0.2) is 16.3 Å². The van der Waals surface area contributed by atoms with Crippen LogP contribution < -0.4 is 5.32 Å². The van der Waals surface area contributed by atoms with Gasteiger partial charge < -0.3 is 5.32 Å². The third-order valence-electron chi connectivity index (χ3n) is 3.84. The van der Waals surface area contributed by atoms with Crippen LogP contribution in [0.25, 0.3) is 10.8 Å². The molecule has 0 bridgehead atoms. The third-order valence-corrected chi connectivity index (χ3v) is 3.84. The van der Waals surface area contributed by atoms with Crippen molar-refractivity contribution in [2.45, 2.75) is 26.4 Å². The van der Waals surface area contributed by atoms with Crippen LogP contribution >= 0.6 is 0 Å². The lowest BCUT2D eigenvalue weighted by Gasteiger charge is -2.16. The number of aryl methyl sites for hydroxylation is 1. The van der Waals surface area contributed by atoms with Crippen LogP contribution in [0.5, 0.6) is 0 Å². The molecule has 0 saturated carbocycles. The summed E-state index contributed by atoms with van der Waals surface area (Å²) in [6.07, 6.45) is 3.97. The molecule has 0 aliphatic rings. The van der Waals surface area contributed by atoms with Gasteiger partial charge in [0.25, 0.3) is 0 Å². The highest BCUT2D eigenvalue weighted by Gasteiger charge is 2.08. The molecular weight excluding hydrogens is 258 g/mol. The molecule has 3 aromatic rings. The van der Waals surface area contributed by atoms with E-state index in [-0.39, 0.29) is 0 Å². The molecule has 21 heavy (non-hydrogen) atoms. The molecule has 2 aromatic carbocycles. The number of nitrogens with zero attached hydrogens (tertiary/aromatic N) is 2. The Morgan fingerprint density at radius 3 is 2.76 bits per heavy atom. The summed E-state index contributed by atoms with van der Waals surface area (Å²) in [4.78, 5) is 0. The first-order valence-corrected chi connectivity index (χ1v) is 7.44. The summed E-state index contributed by atoms with van der Waals surface area (Å²) in [5.41, 5.74) is 2.56. The molecule has 1 atom stereocenters. The van der Waals surface area contributed by atoms with Gasteiger partial charge in [0.05, 0.1) is 12.7 Å². The first-order valence-electron chi connectivity index (χ1n) is 7.44. The highest BCUT2D eigenvalue weighted by atomic mass is 15.3. The third kappa shape index (κ3) is 3.14. The second kappa shape index (κ2) is 6.10. The van der Waals surface area contributed by atoms with Crippen molar-refractivity contribution in [2.24, 2.45) is 0 Å². The fourth-order valence-corrected chi connectivity index (χ4v) is 2.72. The molecule has 1 aromatic heterocycles. The Balaban J connectivity index is 1.68. The first-order chi connectivity index (χ1) is 10.2. The summed E-state index contributed by atoms with van der Waals surface area (Å²) < 4.78 is 1.98. The second-order valence-corrected chi connectivity index (χ2v) is 5.52. The van der Waals surface area contributed by atoms with Gasteiger partial charge >= 0.3 is 0 Å². The van der Waals surface area contributed by atoms with Crippen molar-refractivity contribution in [3.05, 3.63) is 66.0 Å². The summed E-state index contributed by atoms with van der Waals surface area (Å²) in [6.45, 7) is 6.08. The number of fused-ring (bicyclic) bond motifs is 1. The van der Waals surface area contributed by atoms with Gasteiger partial charge in [-0.2, -0.15) is 5.10 Å². The molecule has 0 spiro atoms. The summed E-state index contributed by atoms with van der Waals surface area (Å²) in [7, 11) is 0. The van der Waals surface area contributed by atoms with Gasteiger partial charge in [0.2, 0.25) is 0 Å². The minimum atomic E-state index is 0.327. The maximum absolute atomic E-state index is 4.31. The molecule has 0 aliphatic carbocycles. The van der Waals surface area contributed by atoms with Gasteiger partial charge in [-0.1, -0.05) is 42.5 Å². The average Bonchev–Trinajstić information content (AvgIpc) is 2.92. The number of nitrogens with one attached hydrogen (secondary N) is 1. The minimum Gasteiger partial charge on any atom is -0.308 e. The normalized spacial score (nSPS) is 12.7. The quantitative estimate of drug-likeness (QED) is 0.772. The maximum atomic E-state index is 4.31. The highest BCUT2D eigenvalue weighted by molar-refractivity contribution is 5.86. The standard InChI is InChI=1S/C18H21N3/c1-14-12-20-21(13-14)11-10-19-15(2)17-9-5-7-16-6-3-4-8-18(16)17/h3-9,12-13,15,19H,10-11H2,1-2H3/t15-/m1/s1. The molecule has 0 amide bonds. The van der Waals surface area contributed by atoms with E-state index in [0.29, 0.717) is 6.04 Å². The van der Waals surface area contributed by atoms with Crippen LogP contribution in [0, 0.1) is 6.92 Å². The van der Waals surface area contributed by atoms with Crippen LogP contribution in [-0.2, 0) is 6.54 Å². The smallest absolute Gasteiger partial charge is 0.0534 e. The number of benzene rings is 2. The topological polar surface area (TPSA) is 29.9 Å². The van der Waals surface area contributed by atoms with Crippen molar-refractivity contribution in [1.82, 2.24) is 15.1 Å². The SMILES string of the molecule is Cc1cnn(CCN[C@H](C)c2cccc3ccccc23)c1. The van der Waals surface area contributed by atoms with E-state index in [2.05, 4.69) is 72.9 Å². The lowest BCUT2D eigenvalue weighted by molar-refractivity contribution is 0.509. The van der Waals surface area contributed by atoms with E-state index in [1.807, 2.05) is 10.9 Å². The van der Waals surface area contributed by atoms with Gasteiger partial charge in [-0.15, -0.1) is 0 Å². The van der Waals surface area contributed by atoms with E-state index < -0.39 is 0 Å². The largest absolute Gasteiger partial charge is 0.308 e. The van der Waals surface area contributed by atoms with Crippen LogP contribution in [0.3, 0.4) is 0 Å². The Hall–Kier alpha value is -2.13. The van der Waals surface area contributed by atoms with Crippen LogP contribution in [0.2, 0.25) is 0 Å². The first kappa shape index (κ1) is 13.8. The van der Waals surface area contributed by atoms with Gasteiger partial charge in [-0.3, -0.25) is 4.68 Å². The number of aromatic nitrogens is 2. The molecule has 3 heteroatoms. The van der Waals surface area contributed by atoms with E-state index in [1.54, 1.807) is 0 Å². The summed E-state index contributed by atoms with van der Waals surface area (Å²) in [5, 5.41) is 10.5. The average molecular weight is 279 g/mol. The van der Waals surface area contributed by atoms with Gasteiger partial charge in [0.1, 0.15) is 0 Å². The Bertz CT molecular complexity index is 725. The predicted molar refractivity (Wildman–Crippen MR) is 87.3 cm³/mol. The molecule has 0 unspecified atom stereocenters. The molecule has 0 saturated heterocycles. The lowest BCUT2D eigenvalue weighted by atomic mass is 10.00. The Morgan fingerprint density at radius 1 is 1.14 bits per heavy atom. The zero-order valence-electron chi connectivity index (χ0n) is 12.6. The molecule has 3 nitrogen and oxygen atoms in total. The summed E-state index contributed by atoms with van der Waals surface area (Å²) >= 11 is 0.